The predicted molar refractivity (Wildman–Crippen MR) is 82.7 cm³/mol. The summed E-state index contributed by atoms with van der Waals surface area (Å²) in [5, 5.41) is 0. The molecule has 1 saturated heterocycles. The van der Waals surface area contributed by atoms with Gasteiger partial charge in [-0.1, -0.05) is 0 Å². The molecular weight excluding hydrogens is 381 g/mol. The second-order valence-corrected chi connectivity index (χ2v) is 8.68. The quantitative estimate of drug-likeness (QED) is 0.771. The van der Waals surface area contributed by atoms with Crippen molar-refractivity contribution in [2.45, 2.75) is 44.8 Å². The zero-order valence-corrected chi connectivity index (χ0v) is 14.8. The topological polar surface area (TPSA) is 44.5 Å². The van der Waals surface area contributed by atoms with Crippen molar-refractivity contribution >= 4 is 50.3 Å². The van der Waals surface area contributed by atoms with E-state index >= 15 is 0 Å². The molecular formula is C11H16BBr2NO2S. The van der Waals surface area contributed by atoms with E-state index in [0.29, 0.717) is 0 Å². The fourth-order valence-corrected chi connectivity index (χ4v) is 3.80. The van der Waals surface area contributed by atoms with Gasteiger partial charge in [0.1, 0.15) is 0 Å². The number of hydrogen-bond donors (Lipinski definition) is 1. The van der Waals surface area contributed by atoms with E-state index in [-0.39, 0.29) is 17.1 Å². The van der Waals surface area contributed by atoms with Gasteiger partial charge in [-0.25, -0.2) is 0 Å². The standard InChI is InChI=1S/C11H16BBr2NO2S/c1-10(2)11(3,4)17-12(16-10)8(15)7-5-6(13)9(14)18-7/h5,8H,15H2,1-4H3. The molecule has 0 bridgehead atoms. The fourth-order valence-electron chi connectivity index (χ4n) is 1.70. The molecule has 0 radical (unpaired) electrons. The Labute approximate surface area is 129 Å². The first kappa shape index (κ1) is 15.0. The summed E-state index contributed by atoms with van der Waals surface area (Å²) < 4.78 is 14.0. The van der Waals surface area contributed by atoms with Crippen LogP contribution in [0.1, 0.15) is 38.5 Å². The van der Waals surface area contributed by atoms with E-state index in [1.807, 2.05) is 33.8 Å². The predicted octanol–water partition coefficient (Wildman–Crippen LogP) is 3.90. The van der Waals surface area contributed by atoms with Crippen LogP contribution in [0, 0.1) is 0 Å². The van der Waals surface area contributed by atoms with E-state index in [1.54, 1.807) is 11.3 Å². The Morgan fingerprint density at radius 2 is 1.72 bits per heavy atom. The second-order valence-electron chi connectivity index (χ2n) is 5.42. The maximum Gasteiger partial charge on any atom is 0.481 e. The van der Waals surface area contributed by atoms with Crippen LogP contribution in [0.3, 0.4) is 0 Å². The summed E-state index contributed by atoms with van der Waals surface area (Å²) in [5.41, 5.74) is 5.55. The van der Waals surface area contributed by atoms with Gasteiger partial charge in [0.2, 0.25) is 0 Å². The van der Waals surface area contributed by atoms with Crippen LogP contribution in [0.25, 0.3) is 0 Å². The molecule has 1 atom stereocenters. The minimum Gasteiger partial charge on any atom is -0.402 e. The molecule has 1 aromatic rings. The molecule has 1 fully saturated rings. The zero-order valence-electron chi connectivity index (χ0n) is 10.8. The highest BCUT2D eigenvalue weighted by atomic mass is 79.9. The smallest absolute Gasteiger partial charge is 0.402 e. The monoisotopic (exact) mass is 395 g/mol. The fraction of sp³-hybridized carbons (Fsp3) is 0.636. The molecule has 1 aromatic heterocycles. The molecule has 1 unspecified atom stereocenters. The maximum atomic E-state index is 6.24. The molecule has 1 aliphatic heterocycles. The summed E-state index contributed by atoms with van der Waals surface area (Å²) in [6.07, 6.45) is 0. The van der Waals surface area contributed by atoms with Crippen LogP contribution in [-0.4, -0.2) is 18.3 Å². The van der Waals surface area contributed by atoms with E-state index in [0.717, 1.165) is 13.1 Å². The largest absolute Gasteiger partial charge is 0.481 e. The third kappa shape index (κ3) is 2.58. The highest BCUT2D eigenvalue weighted by molar-refractivity contribution is 9.13. The van der Waals surface area contributed by atoms with Crippen LogP contribution >= 0.6 is 43.2 Å². The van der Waals surface area contributed by atoms with Crippen LogP contribution in [0.4, 0.5) is 0 Å². The van der Waals surface area contributed by atoms with Gasteiger partial charge in [0.25, 0.3) is 0 Å². The Bertz CT molecular complexity index is 428. The number of hydrogen-bond acceptors (Lipinski definition) is 4. The molecule has 0 aliphatic carbocycles. The molecule has 0 saturated carbocycles. The van der Waals surface area contributed by atoms with Crippen molar-refractivity contribution in [1.82, 2.24) is 0 Å². The Morgan fingerprint density at radius 3 is 2.11 bits per heavy atom. The first-order chi connectivity index (χ1) is 8.14. The van der Waals surface area contributed by atoms with Crippen molar-refractivity contribution in [3.05, 3.63) is 19.2 Å². The van der Waals surface area contributed by atoms with E-state index in [4.69, 9.17) is 15.0 Å². The highest BCUT2D eigenvalue weighted by Crippen LogP contribution is 2.42. The first-order valence-electron chi connectivity index (χ1n) is 5.70. The van der Waals surface area contributed by atoms with Gasteiger partial charge in [-0.3, -0.25) is 0 Å². The average molecular weight is 397 g/mol. The molecule has 18 heavy (non-hydrogen) atoms. The van der Waals surface area contributed by atoms with Gasteiger partial charge >= 0.3 is 7.12 Å². The molecule has 0 aromatic carbocycles. The normalized spacial score (nSPS) is 23.4. The number of halogens is 2. The maximum absolute atomic E-state index is 6.24. The van der Waals surface area contributed by atoms with Crippen molar-refractivity contribution < 1.29 is 9.31 Å². The van der Waals surface area contributed by atoms with E-state index in [1.165, 1.54) is 0 Å². The lowest BCUT2D eigenvalue weighted by atomic mass is 9.78. The number of thiophene rings is 1. The molecule has 2 heterocycles. The molecule has 7 heteroatoms. The van der Waals surface area contributed by atoms with Gasteiger partial charge in [0.15, 0.2) is 0 Å². The van der Waals surface area contributed by atoms with Gasteiger partial charge < -0.3 is 15.0 Å². The summed E-state index contributed by atoms with van der Waals surface area (Å²) in [4.78, 5) is 1.03. The minimum absolute atomic E-state index is 0.279. The Morgan fingerprint density at radius 1 is 1.22 bits per heavy atom. The zero-order chi connectivity index (χ0) is 13.7. The van der Waals surface area contributed by atoms with Crippen LogP contribution in [0.5, 0.6) is 0 Å². The van der Waals surface area contributed by atoms with Crippen LogP contribution in [0.2, 0.25) is 0 Å². The Balaban J connectivity index is 2.19. The van der Waals surface area contributed by atoms with Crippen molar-refractivity contribution in [3.63, 3.8) is 0 Å². The molecule has 0 spiro atoms. The van der Waals surface area contributed by atoms with Gasteiger partial charge in [-0.15, -0.1) is 11.3 Å². The molecule has 0 amide bonds. The highest BCUT2D eigenvalue weighted by Gasteiger charge is 2.53. The van der Waals surface area contributed by atoms with Gasteiger partial charge in [0, 0.05) is 9.35 Å². The molecule has 1 aliphatic rings. The summed E-state index contributed by atoms with van der Waals surface area (Å²) in [6, 6.07) is 2.00. The van der Waals surface area contributed by atoms with Gasteiger partial charge in [-0.2, -0.15) is 0 Å². The van der Waals surface area contributed by atoms with E-state index in [9.17, 15) is 0 Å². The van der Waals surface area contributed by atoms with Crippen LogP contribution in [0.15, 0.2) is 14.3 Å². The van der Waals surface area contributed by atoms with E-state index in [2.05, 4.69) is 31.9 Å². The summed E-state index contributed by atoms with van der Waals surface area (Å²) in [7, 11) is -0.410. The van der Waals surface area contributed by atoms with Crippen LogP contribution in [-0.2, 0) is 9.31 Å². The van der Waals surface area contributed by atoms with Crippen molar-refractivity contribution in [1.29, 1.82) is 0 Å². The third-order valence-electron chi connectivity index (χ3n) is 3.56. The average Bonchev–Trinajstić information content (AvgIpc) is 2.65. The van der Waals surface area contributed by atoms with Crippen molar-refractivity contribution in [3.8, 4) is 0 Å². The number of rotatable bonds is 2. The lowest BCUT2D eigenvalue weighted by molar-refractivity contribution is 0.00578. The molecule has 2 N–H and O–H groups in total. The number of nitrogens with two attached hydrogens (primary N) is 1. The Kier molecular flexibility index (Phi) is 4.05. The van der Waals surface area contributed by atoms with Crippen molar-refractivity contribution in [2.75, 3.05) is 0 Å². The first-order valence-corrected chi connectivity index (χ1v) is 8.10. The second kappa shape index (κ2) is 4.86. The SMILES string of the molecule is CC1(C)OB(C(N)c2cc(Br)c(Br)s2)OC1(C)C. The lowest BCUT2D eigenvalue weighted by Gasteiger charge is -2.32. The minimum atomic E-state index is -0.410. The summed E-state index contributed by atoms with van der Waals surface area (Å²) in [5.74, 6) is -0.279. The summed E-state index contributed by atoms with van der Waals surface area (Å²) >= 11 is 8.53. The van der Waals surface area contributed by atoms with E-state index < -0.39 is 7.12 Å². The Hall–Kier alpha value is 0.605. The summed E-state index contributed by atoms with van der Waals surface area (Å²) in [6.45, 7) is 8.11. The molecule has 100 valence electrons. The molecule has 3 nitrogen and oxygen atoms in total. The van der Waals surface area contributed by atoms with Gasteiger partial charge in [-0.05, 0) is 65.6 Å². The lowest BCUT2D eigenvalue weighted by Crippen LogP contribution is -2.41. The third-order valence-corrected chi connectivity index (χ3v) is 6.92. The van der Waals surface area contributed by atoms with Gasteiger partial charge in [0.05, 0.1) is 20.9 Å². The van der Waals surface area contributed by atoms with Crippen molar-refractivity contribution in [2.24, 2.45) is 5.73 Å². The van der Waals surface area contributed by atoms with Crippen LogP contribution < -0.4 is 5.73 Å². The molecule has 2 rings (SSSR count).